The SMILES string of the molecule is Cc1c(Cl)cccc1N1C(N)=C(C#N)C(c2ccc(Br)cc2)C2=C1CCCC2=O. The molecule has 0 amide bonds. The number of allylic oxidation sites excluding steroid dienone is 3. The van der Waals surface area contributed by atoms with Crippen molar-refractivity contribution < 1.29 is 4.79 Å². The summed E-state index contributed by atoms with van der Waals surface area (Å²) < 4.78 is 0.938. The van der Waals surface area contributed by atoms with Crippen molar-refractivity contribution in [3.05, 3.63) is 85.8 Å². The van der Waals surface area contributed by atoms with Gasteiger partial charge in [-0.15, -0.1) is 0 Å². The second kappa shape index (κ2) is 7.70. The molecule has 0 aromatic heterocycles. The van der Waals surface area contributed by atoms with Crippen LogP contribution in [0.1, 0.15) is 36.3 Å². The molecule has 6 heteroatoms. The Hall–Kier alpha value is -2.55. The lowest BCUT2D eigenvalue weighted by Gasteiger charge is -2.40. The Labute approximate surface area is 183 Å². The number of nitrogens with zero attached hydrogens (tertiary/aromatic N) is 2. The van der Waals surface area contributed by atoms with Gasteiger partial charge in [-0.3, -0.25) is 9.69 Å². The fourth-order valence-electron chi connectivity index (χ4n) is 4.19. The van der Waals surface area contributed by atoms with Crippen LogP contribution in [0, 0.1) is 18.3 Å². The van der Waals surface area contributed by atoms with Gasteiger partial charge < -0.3 is 5.73 Å². The number of anilines is 1. The summed E-state index contributed by atoms with van der Waals surface area (Å²) in [5.41, 5.74) is 11.1. The Bertz CT molecular complexity index is 1110. The van der Waals surface area contributed by atoms with Gasteiger partial charge in [0, 0.05) is 27.2 Å². The largest absolute Gasteiger partial charge is 0.384 e. The van der Waals surface area contributed by atoms with E-state index in [4.69, 9.17) is 17.3 Å². The third-order valence-electron chi connectivity index (χ3n) is 5.60. The topological polar surface area (TPSA) is 70.1 Å². The molecule has 4 nitrogen and oxygen atoms in total. The fraction of sp³-hybridized carbons (Fsp3) is 0.217. The standard InChI is InChI=1S/C23H19BrClN3O/c1-13-17(25)4-2-5-18(13)28-19-6-3-7-20(29)22(19)21(16(12-26)23(28)27)14-8-10-15(24)11-9-14/h2,4-5,8-11,21H,3,6-7,27H2,1H3. The van der Waals surface area contributed by atoms with Gasteiger partial charge in [-0.2, -0.15) is 5.26 Å². The number of nitrogens with two attached hydrogens (primary N) is 1. The number of rotatable bonds is 2. The first-order valence-electron chi connectivity index (χ1n) is 9.40. The van der Waals surface area contributed by atoms with E-state index in [1.165, 1.54) is 0 Å². The molecule has 0 saturated carbocycles. The van der Waals surface area contributed by atoms with Crippen molar-refractivity contribution in [3.63, 3.8) is 0 Å². The highest BCUT2D eigenvalue weighted by atomic mass is 79.9. The molecule has 1 unspecified atom stereocenters. The van der Waals surface area contributed by atoms with Crippen LogP contribution in [0.3, 0.4) is 0 Å². The highest BCUT2D eigenvalue weighted by molar-refractivity contribution is 9.10. The Kier molecular flexibility index (Phi) is 5.24. The van der Waals surface area contributed by atoms with Crippen molar-refractivity contribution >= 4 is 39.0 Å². The molecule has 0 saturated heterocycles. The second-order valence-corrected chi connectivity index (χ2v) is 8.57. The molecule has 0 fully saturated rings. The fourth-order valence-corrected chi connectivity index (χ4v) is 4.62. The number of benzene rings is 2. The van der Waals surface area contributed by atoms with E-state index in [1.807, 2.05) is 54.3 Å². The van der Waals surface area contributed by atoms with Crippen LogP contribution in [0.2, 0.25) is 5.02 Å². The van der Waals surface area contributed by atoms with E-state index < -0.39 is 5.92 Å². The van der Waals surface area contributed by atoms with Crippen molar-refractivity contribution in [1.82, 2.24) is 0 Å². The molecule has 0 radical (unpaired) electrons. The van der Waals surface area contributed by atoms with Gasteiger partial charge in [-0.1, -0.05) is 45.7 Å². The zero-order valence-corrected chi connectivity index (χ0v) is 18.2. The number of hydrogen-bond acceptors (Lipinski definition) is 4. The van der Waals surface area contributed by atoms with Gasteiger partial charge >= 0.3 is 0 Å². The Morgan fingerprint density at radius 2 is 1.93 bits per heavy atom. The molecule has 0 spiro atoms. The minimum Gasteiger partial charge on any atom is -0.384 e. The maximum Gasteiger partial charge on any atom is 0.161 e. The Morgan fingerprint density at radius 1 is 1.21 bits per heavy atom. The number of Topliss-reactive ketones (excluding diaryl/α,β-unsaturated/α-hetero) is 1. The van der Waals surface area contributed by atoms with Gasteiger partial charge in [0.2, 0.25) is 0 Å². The highest BCUT2D eigenvalue weighted by Crippen LogP contribution is 2.47. The first kappa shape index (κ1) is 19.8. The minimum atomic E-state index is -0.452. The van der Waals surface area contributed by atoms with Crippen molar-refractivity contribution in [2.24, 2.45) is 5.73 Å². The van der Waals surface area contributed by atoms with Crippen LogP contribution >= 0.6 is 27.5 Å². The normalized spacial score (nSPS) is 19.3. The van der Waals surface area contributed by atoms with Gasteiger partial charge in [0.05, 0.1) is 23.2 Å². The zero-order valence-electron chi connectivity index (χ0n) is 15.9. The number of carbonyl (C=O) groups is 1. The zero-order chi connectivity index (χ0) is 20.7. The van der Waals surface area contributed by atoms with Crippen molar-refractivity contribution in [2.45, 2.75) is 32.1 Å². The second-order valence-electron chi connectivity index (χ2n) is 7.25. The quantitative estimate of drug-likeness (QED) is 0.612. The maximum atomic E-state index is 13.1. The third-order valence-corrected chi connectivity index (χ3v) is 6.53. The Balaban J connectivity index is 1.99. The van der Waals surface area contributed by atoms with Crippen LogP contribution in [0.15, 0.2) is 69.6 Å². The summed E-state index contributed by atoms with van der Waals surface area (Å²) >= 11 is 9.81. The number of carbonyl (C=O) groups excluding carboxylic acids is 1. The molecule has 1 heterocycles. The van der Waals surface area contributed by atoms with Crippen LogP contribution in [0.25, 0.3) is 0 Å². The molecule has 1 aliphatic carbocycles. The lowest BCUT2D eigenvalue weighted by atomic mass is 9.75. The minimum absolute atomic E-state index is 0.0732. The molecule has 4 rings (SSSR count). The van der Waals surface area contributed by atoms with E-state index in [0.29, 0.717) is 28.4 Å². The Morgan fingerprint density at radius 3 is 2.62 bits per heavy atom. The van der Waals surface area contributed by atoms with Crippen molar-refractivity contribution in [2.75, 3.05) is 4.90 Å². The molecule has 1 aliphatic heterocycles. The molecule has 2 aromatic rings. The van der Waals surface area contributed by atoms with Crippen molar-refractivity contribution in [1.29, 1.82) is 5.26 Å². The molecule has 1 atom stereocenters. The maximum absolute atomic E-state index is 13.1. The molecular formula is C23H19BrClN3O. The van der Waals surface area contributed by atoms with Crippen LogP contribution in [-0.4, -0.2) is 5.78 Å². The predicted molar refractivity (Wildman–Crippen MR) is 118 cm³/mol. The van der Waals surface area contributed by atoms with Gasteiger partial charge in [0.15, 0.2) is 5.78 Å². The molecule has 29 heavy (non-hydrogen) atoms. The average Bonchev–Trinajstić information content (AvgIpc) is 2.71. The number of halogens is 2. The number of hydrogen-bond donors (Lipinski definition) is 1. The summed E-state index contributed by atoms with van der Waals surface area (Å²) in [5.74, 6) is -0.0185. The molecule has 2 aromatic carbocycles. The van der Waals surface area contributed by atoms with E-state index in [1.54, 1.807) is 0 Å². The summed E-state index contributed by atoms with van der Waals surface area (Å²) in [4.78, 5) is 14.9. The lowest BCUT2D eigenvalue weighted by Crippen LogP contribution is -2.39. The summed E-state index contributed by atoms with van der Waals surface area (Å²) in [5, 5.41) is 10.6. The van der Waals surface area contributed by atoms with Gasteiger partial charge in [-0.25, -0.2) is 0 Å². The van der Waals surface area contributed by atoms with Gasteiger partial charge in [-0.05, 0) is 55.2 Å². The molecule has 146 valence electrons. The molecule has 0 bridgehead atoms. The van der Waals surface area contributed by atoms with Gasteiger partial charge in [0.1, 0.15) is 5.82 Å². The van der Waals surface area contributed by atoms with Crippen LogP contribution in [0.4, 0.5) is 5.69 Å². The van der Waals surface area contributed by atoms with Crippen LogP contribution in [-0.2, 0) is 4.79 Å². The van der Waals surface area contributed by atoms with Crippen LogP contribution in [0.5, 0.6) is 0 Å². The van der Waals surface area contributed by atoms with Gasteiger partial charge in [0.25, 0.3) is 0 Å². The van der Waals surface area contributed by atoms with Crippen molar-refractivity contribution in [3.8, 4) is 6.07 Å². The average molecular weight is 469 g/mol. The third kappa shape index (κ3) is 3.27. The monoisotopic (exact) mass is 467 g/mol. The summed E-state index contributed by atoms with van der Waals surface area (Å²) in [6.07, 6.45) is 1.96. The van der Waals surface area contributed by atoms with E-state index in [2.05, 4.69) is 22.0 Å². The van der Waals surface area contributed by atoms with E-state index in [-0.39, 0.29) is 5.78 Å². The first-order chi connectivity index (χ1) is 13.9. The molecular weight excluding hydrogens is 450 g/mol. The first-order valence-corrected chi connectivity index (χ1v) is 10.6. The lowest BCUT2D eigenvalue weighted by molar-refractivity contribution is -0.116. The number of ketones is 1. The van der Waals surface area contributed by atoms with E-state index >= 15 is 0 Å². The molecule has 2 N–H and O–H groups in total. The van der Waals surface area contributed by atoms with E-state index in [9.17, 15) is 10.1 Å². The van der Waals surface area contributed by atoms with Crippen LogP contribution < -0.4 is 10.6 Å². The summed E-state index contributed by atoms with van der Waals surface area (Å²) in [6, 6.07) is 15.6. The molecule has 2 aliphatic rings. The predicted octanol–water partition coefficient (Wildman–Crippen LogP) is 5.72. The highest BCUT2D eigenvalue weighted by Gasteiger charge is 2.40. The summed E-state index contributed by atoms with van der Waals surface area (Å²) in [7, 11) is 0. The summed E-state index contributed by atoms with van der Waals surface area (Å²) in [6.45, 7) is 1.92. The number of nitriles is 1. The smallest absolute Gasteiger partial charge is 0.161 e. The van der Waals surface area contributed by atoms with E-state index in [0.717, 1.165) is 39.8 Å².